The van der Waals surface area contributed by atoms with Crippen LogP contribution in [0.2, 0.25) is 0 Å². The van der Waals surface area contributed by atoms with Gasteiger partial charge in [-0.05, 0) is 18.2 Å². The summed E-state index contributed by atoms with van der Waals surface area (Å²) in [5.41, 5.74) is 1.36. The highest BCUT2D eigenvalue weighted by Gasteiger charge is 2.04. The molecule has 3 aromatic heterocycles. The van der Waals surface area contributed by atoms with Gasteiger partial charge in [0.1, 0.15) is 12.0 Å². The second-order valence-corrected chi connectivity index (χ2v) is 3.10. The van der Waals surface area contributed by atoms with Crippen molar-refractivity contribution < 1.29 is 0 Å². The molecule has 5 nitrogen and oxygen atoms in total. The highest BCUT2D eigenvalue weighted by molar-refractivity contribution is 5.74. The number of rotatable bonds is 0. The van der Waals surface area contributed by atoms with Crippen molar-refractivity contribution in [1.29, 1.82) is 0 Å². The zero-order valence-corrected chi connectivity index (χ0v) is 7.66. The number of hydrogen-bond donors (Lipinski definition) is 0. The van der Waals surface area contributed by atoms with Gasteiger partial charge >= 0.3 is 0 Å². The largest absolute Gasteiger partial charge is 0.285 e. The fourth-order valence-electron chi connectivity index (χ4n) is 1.49. The Kier molecular flexibility index (Phi) is 1.53. The highest BCUT2D eigenvalue weighted by atomic mass is 16.1. The van der Waals surface area contributed by atoms with Gasteiger partial charge in [0.25, 0.3) is 5.56 Å². The van der Waals surface area contributed by atoms with Crippen molar-refractivity contribution in [2.75, 3.05) is 0 Å². The lowest BCUT2D eigenvalue weighted by Crippen LogP contribution is -2.16. The number of pyridine rings is 1. The molecule has 5 heteroatoms. The van der Waals surface area contributed by atoms with Gasteiger partial charge in [-0.2, -0.15) is 0 Å². The fourth-order valence-corrected chi connectivity index (χ4v) is 1.49. The van der Waals surface area contributed by atoms with Crippen molar-refractivity contribution in [1.82, 2.24) is 19.4 Å². The van der Waals surface area contributed by atoms with Gasteiger partial charge in [-0.3, -0.25) is 4.79 Å². The molecule has 0 saturated heterocycles. The van der Waals surface area contributed by atoms with Crippen LogP contribution >= 0.6 is 0 Å². The molecule has 15 heavy (non-hydrogen) atoms. The molecule has 0 spiro atoms. The fraction of sp³-hybridized carbons (Fsp3) is 0. The lowest BCUT2D eigenvalue weighted by molar-refractivity contribution is 1.01. The second kappa shape index (κ2) is 2.84. The zero-order chi connectivity index (χ0) is 10.3. The molecule has 0 N–H and O–H groups in total. The van der Waals surface area contributed by atoms with Gasteiger partial charge in [0.2, 0.25) is 0 Å². The monoisotopic (exact) mass is 198 g/mol. The predicted octanol–water partition coefficient (Wildman–Crippen LogP) is 0.638. The van der Waals surface area contributed by atoms with Gasteiger partial charge in [0.15, 0.2) is 5.52 Å². The van der Waals surface area contributed by atoms with Gasteiger partial charge in [-0.15, -0.1) is 0 Å². The van der Waals surface area contributed by atoms with E-state index in [2.05, 4.69) is 15.0 Å². The molecule has 0 fully saturated rings. The average molecular weight is 198 g/mol. The first kappa shape index (κ1) is 8.05. The van der Waals surface area contributed by atoms with Gasteiger partial charge in [-0.25, -0.2) is 19.4 Å². The van der Waals surface area contributed by atoms with E-state index in [-0.39, 0.29) is 5.56 Å². The van der Waals surface area contributed by atoms with E-state index in [9.17, 15) is 4.79 Å². The molecule has 0 aliphatic carbocycles. The topological polar surface area (TPSA) is 60.2 Å². The molecule has 0 atom stereocenters. The van der Waals surface area contributed by atoms with Crippen molar-refractivity contribution in [2.45, 2.75) is 0 Å². The molecule has 3 heterocycles. The number of nitrogens with zero attached hydrogens (tertiary/aromatic N) is 4. The third kappa shape index (κ3) is 1.10. The third-order valence-corrected chi connectivity index (χ3v) is 2.18. The van der Waals surface area contributed by atoms with E-state index in [1.807, 2.05) is 0 Å². The van der Waals surface area contributed by atoms with Crippen molar-refractivity contribution in [3.63, 3.8) is 0 Å². The Morgan fingerprint density at radius 3 is 3.07 bits per heavy atom. The lowest BCUT2D eigenvalue weighted by Gasteiger charge is -2.00. The van der Waals surface area contributed by atoms with Crippen LogP contribution in [-0.2, 0) is 0 Å². The van der Waals surface area contributed by atoms with Crippen molar-refractivity contribution in [3.05, 3.63) is 47.3 Å². The molecule has 0 radical (unpaired) electrons. The van der Waals surface area contributed by atoms with Crippen molar-refractivity contribution in [3.8, 4) is 0 Å². The summed E-state index contributed by atoms with van der Waals surface area (Å²) in [5.74, 6) is 0. The summed E-state index contributed by atoms with van der Waals surface area (Å²) in [5, 5.41) is 0. The minimum absolute atomic E-state index is 0.191. The van der Waals surface area contributed by atoms with Crippen LogP contribution in [0.15, 0.2) is 41.7 Å². The minimum atomic E-state index is -0.191. The van der Waals surface area contributed by atoms with Crippen LogP contribution in [0.1, 0.15) is 0 Å². The van der Waals surface area contributed by atoms with Crippen molar-refractivity contribution in [2.24, 2.45) is 0 Å². The van der Waals surface area contributed by atoms with E-state index < -0.39 is 0 Å². The maximum Gasteiger partial charge on any atom is 0.285 e. The summed E-state index contributed by atoms with van der Waals surface area (Å²) in [7, 11) is 0. The smallest absolute Gasteiger partial charge is 0.266 e. The molecule has 0 aliphatic heterocycles. The maximum absolute atomic E-state index is 11.9. The summed E-state index contributed by atoms with van der Waals surface area (Å²) < 4.78 is 1.38. The summed E-state index contributed by atoms with van der Waals surface area (Å²) in [6.45, 7) is 0. The molecule has 0 aliphatic rings. The lowest BCUT2D eigenvalue weighted by atomic mass is 10.3. The average Bonchev–Trinajstić information content (AvgIpc) is 2.30. The Morgan fingerprint density at radius 2 is 2.13 bits per heavy atom. The molecule has 0 amide bonds. The van der Waals surface area contributed by atoms with Gasteiger partial charge in [0, 0.05) is 12.4 Å². The number of hydrogen-bond acceptors (Lipinski definition) is 4. The van der Waals surface area contributed by atoms with E-state index in [1.54, 1.807) is 30.6 Å². The van der Waals surface area contributed by atoms with E-state index >= 15 is 0 Å². The van der Waals surface area contributed by atoms with Crippen LogP contribution < -0.4 is 5.56 Å². The molecule has 72 valence electrons. The first-order chi connectivity index (χ1) is 7.36. The zero-order valence-electron chi connectivity index (χ0n) is 7.66. The van der Waals surface area contributed by atoms with E-state index in [4.69, 9.17) is 0 Å². The summed E-state index contributed by atoms with van der Waals surface area (Å²) in [4.78, 5) is 24.1. The van der Waals surface area contributed by atoms with Gasteiger partial charge < -0.3 is 0 Å². The molecule has 3 aromatic rings. The molecule has 0 aromatic carbocycles. The van der Waals surface area contributed by atoms with Crippen LogP contribution in [0.5, 0.6) is 0 Å². The van der Waals surface area contributed by atoms with E-state index in [0.29, 0.717) is 16.7 Å². The highest BCUT2D eigenvalue weighted by Crippen LogP contribution is 2.04. The Bertz CT molecular complexity index is 647. The van der Waals surface area contributed by atoms with Crippen LogP contribution in [0.25, 0.3) is 16.7 Å². The van der Waals surface area contributed by atoms with Gasteiger partial charge in [-0.1, -0.05) is 0 Å². The van der Waals surface area contributed by atoms with Crippen molar-refractivity contribution >= 4 is 16.7 Å². The quantitative estimate of drug-likeness (QED) is 0.497. The van der Waals surface area contributed by atoms with Gasteiger partial charge in [0.05, 0.1) is 5.52 Å². The first-order valence-electron chi connectivity index (χ1n) is 4.43. The molecule has 0 bridgehead atoms. The molecule has 0 saturated carbocycles. The summed E-state index contributed by atoms with van der Waals surface area (Å²) >= 11 is 0. The number of fused-ring (bicyclic) bond motifs is 2. The molecular weight excluding hydrogens is 192 g/mol. The third-order valence-electron chi connectivity index (χ3n) is 2.18. The van der Waals surface area contributed by atoms with Crippen LogP contribution in [-0.4, -0.2) is 19.4 Å². The Balaban J connectivity index is 2.66. The predicted molar refractivity (Wildman–Crippen MR) is 54.6 cm³/mol. The molecule has 0 unspecified atom stereocenters. The minimum Gasteiger partial charge on any atom is -0.266 e. The summed E-state index contributed by atoms with van der Waals surface area (Å²) in [6, 6.07) is 5.21. The number of aromatic nitrogens is 4. The maximum atomic E-state index is 11.9. The Morgan fingerprint density at radius 1 is 1.20 bits per heavy atom. The van der Waals surface area contributed by atoms with Crippen LogP contribution in [0.4, 0.5) is 0 Å². The first-order valence-corrected chi connectivity index (χ1v) is 4.43. The summed E-state index contributed by atoms with van der Waals surface area (Å²) in [6.07, 6.45) is 4.62. The van der Waals surface area contributed by atoms with E-state index in [1.165, 1.54) is 10.7 Å². The standard InChI is InChI=1S/C10H6N4O/c15-10-9-7(2-1-4-12-9)13-8-3-5-11-6-14(8)10/h1-6H. The van der Waals surface area contributed by atoms with E-state index in [0.717, 1.165) is 0 Å². The normalized spacial score (nSPS) is 10.9. The Labute approximate surface area is 84.1 Å². The Hall–Kier alpha value is -2.30. The SMILES string of the molecule is O=c1c2ncccc2nc2ccncn12. The molecular formula is C10H6N4O. The molecule has 3 rings (SSSR count). The van der Waals surface area contributed by atoms with Crippen LogP contribution in [0.3, 0.4) is 0 Å². The second-order valence-electron chi connectivity index (χ2n) is 3.10. The van der Waals surface area contributed by atoms with Crippen LogP contribution in [0, 0.1) is 0 Å².